The largest absolute Gasteiger partial charge is 0.381 e. The molecule has 6 aromatic rings. The van der Waals surface area contributed by atoms with Crippen LogP contribution < -0.4 is 17.2 Å². The first kappa shape index (κ1) is 67.5. The van der Waals surface area contributed by atoms with E-state index in [2.05, 4.69) is 126 Å². The quantitative estimate of drug-likeness (QED) is 0.116. The molecule has 3 aromatic heterocycles. The first-order chi connectivity index (χ1) is 45.5. The number of nitrogens with zero attached hydrogens (tertiary/aromatic N) is 7. The number of nitrogens with two attached hydrogens (primary N) is 3. The normalized spacial score (nSPS) is 29.4. The molecule has 3 aliphatic heterocycles. The number of amides is 3. The van der Waals surface area contributed by atoms with E-state index >= 15 is 0 Å². The number of methoxy groups -OCH3 is 3. The highest BCUT2D eigenvalue weighted by Crippen LogP contribution is 2.66. The molecule has 6 N–H and O–H groups in total. The molecule has 9 aliphatic rings. The predicted octanol–water partition coefficient (Wildman–Crippen LogP) is 14.2. The molecule has 0 bridgehead atoms. The molecule has 6 spiro atoms. The fourth-order valence-corrected chi connectivity index (χ4v) is 21.5. The van der Waals surface area contributed by atoms with Crippen LogP contribution in [0.3, 0.4) is 0 Å². The third-order valence-corrected chi connectivity index (χ3v) is 26.8. The van der Waals surface area contributed by atoms with Gasteiger partial charge in [0, 0.05) is 97.2 Å². The first-order valence-corrected chi connectivity index (χ1v) is 37.6. The molecule has 21 heteroatoms. The summed E-state index contributed by atoms with van der Waals surface area (Å²) < 4.78 is 18.8. The number of rotatable bonds is 9. The van der Waals surface area contributed by atoms with Gasteiger partial charge >= 0.3 is 0 Å². The van der Waals surface area contributed by atoms with Gasteiger partial charge in [-0.3, -0.25) is 29.1 Å². The van der Waals surface area contributed by atoms with Crippen LogP contribution in [0.5, 0.6) is 0 Å². The van der Waals surface area contributed by atoms with Crippen LogP contribution in [0.1, 0.15) is 164 Å². The molecule has 0 radical (unpaired) electrons. The monoisotopic (exact) mass is 1460 g/mol. The van der Waals surface area contributed by atoms with E-state index in [0.29, 0.717) is 17.9 Å². The van der Waals surface area contributed by atoms with Crippen LogP contribution >= 0.6 is 65.9 Å². The van der Waals surface area contributed by atoms with Gasteiger partial charge in [0.25, 0.3) is 17.7 Å². The van der Waals surface area contributed by atoms with Crippen LogP contribution in [-0.4, -0.2) is 113 Å². The Morgan fingerprint density at radius 1 is 0.505 bits per heavy atom. The molecule has 3 atom stereocenters. The number of thiophene rings is 2. The van der Waals surface area contributed by atoms with E-state index in [1.54, 1.807) is 70.0 Å². The average molecular weight is 1470 g/mol. The molecular weight excluding hydrogens is 1380 g/mol. The molecule has 500 valence electrons. The minimum Gasteiger partial charge on any atom is -0.381 e. The number of hydrogen-bond donors (Lipinski definition) is 3. The second-order valence-electron chi connectivity index (χ2n) is 28.3. The third kappa shape index (κ3) is 10.7. The van der Waals surface area contributed by atoms with Gasteiger partial charge in [0.15, 0.2) is 34.5 Å². The Bertz CT molecular complexity index is 4000. The SMILES string of the molecule is CC#Cc1csc(-c2ccc3c(c2)C2(N=C(N)N(C(C)C)C2=O)C2(CCC(OC)CC2)C3)c1.COC1CCC2(CC1)Cc1ccc(-c3cc(Br)cs3)cc1C21N=C(N)N(C(C)C)C1=O.COC1CCC2(CC1)Cc1ccc(-c3nc(Br)cs3)cc1C21N=C(N)N(C(C)C)C1=O. The highest BCUT2D eigenvalue weighted by atomic mass is 79.9. The highest BCUT2D eigenvalue weighted by Gasteiger charge is 2.70. The maximum atomic E-state index is 14.2. The Kier molecular flexibility index (Phi) is 18.2. The predicted molar refractivity (Wildman–Crippen MR) is 387 cm³/mol. The number of aliphatic imine (C=N–C) groups is 3. The number of carbonyl (C=O) groups excluding carboxylic acids is 3. The van der Waals surface area contributed by atoms with Crippen molar-refractivity contribution in [3.8, 4) is 43.3 Å². The van der Waals surface area contributed by atoms with Crippen molar-refractivity contribution in [2.75, 3.05) is 21.3 Å². The Hall–Kier alpha value is -6.09. The lowest BCUT2D eigenvalue weighted by molar-refractivity contribution is -0.140. The van der Waals surface area contributed by atoms with Crippen molar-refractivity contribution in [2.45, 2.75) is 198 Å². The van der Waals surface area contributed by atoms with E-state index < -0.39 is 16.6 Å². The summed E-state index contributed by atoms with van der Waals surface area (Å²) in [6.45, 7) is 13.8. The molecule has 15 rings (SSSR count). The maximum absolute atomic E-state index is 14.2. The molecule has 16 nitrogen and oxygen atoms in total. The number of aromatic nitrogens is 1. The summed E-state index contributed by atoms with van der Waals surface area (Å²) in [5.41, 5.74) is 26.6. The summed E-state index contributed by atoms with van der Waals surface area (Å²) in [5.74, 6) is 7.23. The average Bonchev–Trinajstić information content (AvgIpc) is 1.54. The number of benzene rings is 3. The van der Waals surface area contributed by atoms with E-state index in [4.69, 9.17) is 46.4 Å². The van der Waals surface area contributed by atoms with Gasteiger partial charge in [-0.05, 0) is 251 Å². The van der Waals surface area contributed by atoms with Crippen molar-refractivity contribution in [3.63, 3.8) is 0 Å². The second kappa shape index (κ2) is 25.6. The lowest BCUT2D eigenvalue weighted by Gasteiger charge is -2.45. The van der Waals surface area contributed by atoms with Crippen molar-refractivity contribution >= 4 is 101 Å². The van der Waals surface area contributed by atoms with Crippen molar-refractivity contribution in [3.05, 3.63) is 131 Å². The fourth-order valence-electron chi connectivity index (χ4n) is 18.0. The van der Waals surface area contributed by atoms with E-state index in [0.717, 1.165) is 154 Å². The van der Waals surface area contributed by atoms with Gasteiger partial charge in [0.1, 0.15) is 9.61 Å². The summed E-state index contributed by atoms with van der Waals surface area (Å²) >= 11 is 12.0. The Balaban J connectivity index is 0.000000129. The summed E-state index contributed by atoms with van der Waals surface area (Å²) in [7, 11) is 5.34. The van der Waals surface area contributed by atoms with Crippen molar-refractivity contribution in [2.24, 2.45) is 48.4 Å². The summed E-state index contributed by atoms with van der Waals surface area (Å²) in [6, 6.07) is 23.7. The maximum Gasteiger partial charge on any atom is 0.262 e. The van der Waals surface area contributed by atoms with Gasteiger partial charge < -0.3 is 31.4 Å². The molecule has 3 aromatic carbocycles. The van der Waals surface area contributed by atoms with Gasteiger partial charge in [0.2, 0.25) is 0 Å². The zero-order valence-electron chi connectivity index (χ0n) is 55.9. The summed E-state index contributed by atoms with van der Waals surface area (Å²) in [4.78, 5) is 69.5. The van der Waals surface area contributed by atoms with Crippen LogP contribution in [0.25, 0.3) is 31.5 Å². The number of fused-ring (bicyclic) bond motifs is 9. The van der Waals surface area contributed by atoms with Gasteiger partial charge in [0.05, 0.1) is 18.3 Å². The van der Waals surface area contributed by atoms with Crippen LogP contribution in [0.15, 0.2) is 107 Å². The number of thiazole rings is 1. The molecule has 95 heavy (non-hydrogen) atoms. The third-order valence-electron chi connectivity index (χ3n) is 22.5. The number of halogens is 2. The number of hydrogen-bond acceptors (Lipinski definition) is 16. The molecule has 6 aliphatic carbocycles. The second-order valence-corrected chi connectivity index (χ2v) is 32.7. The highest BCUT2D eigenvalue weighted by molar-refractivity contribution is 9.10. The summed E-state index contributed by atoms with van der Waals surface area (Å²) in [5, 5.41) is 7.07. The minimum absolute atomic E-state index is 0.0205. The van der Waals surface area contributed by atoms with Crippen LogP contribution in [-0.2, 0) is 64.5 Å². The topological polar surface area (TPSA) is 217 Å². The van der Waals surface area contributed by atoms with Crippen LogP contribution in [0, 0.1) is 28.1 Å². The van der Waals surface area contributed by atoms with E-state index in [-0.39, 0.29) is 70.4 Å². The van der Waals surface area contributed by atoms with E-state index in [1.165, 1.54) is 21.6 Å². The number of guanidine groups is 3. The lowest BCUT2D eigenvalue weighted by atomic mass is 9.61. The Morgan fingerprint density at radius 2 is 0.863 bits per heavy atom. The molecule has 3 unspecified atom stereocenters. The zero-order chi connectivity index (χ0) is 67.3. The molecule has 0 saturated heterocycles. The van der Waals surface area contributed by atoms with Gasteiger partial charge in [-0.25, -0.2) is 20.0 Å². The lowest BCUT2D eigenvalue weighted by Crippen LogP contribution is -2.53. The molecular formula is C74H86Br2N10O6S3. The van der Waals surface area contributed by atoms with Gasteiger partial charge in [-0.2, -0.15) is 0 Å². The van der Waals surface area contributed by atoms with Crippen LogP contribution in [0.4, 0.5) is 0 Å². The van der Waals surface area contributed by atoms with Gasteiger partial charge in [-0.15, -0.1) is 39.9 Å². The Morgan fingerprint density at radius 3 is 1.18 bits per heavy atom. The first-order valence-electron chi connectivity index (χ1n) is 33.4. The molecule has 6 heterocycles. The van der Waals surface area contributed by atoms with E-state index in [9.17, 15) is 14.4 Å². The smallest absolute Gasteiger partial charge is 0.262 e. The molecule has 3 fully saturated rings. The van der Waals surface area contributed by atoms with Gasteiger partial charge in [-0.1, -0.05) is 42.3 Å². The minimum atomic E-state index is -0.958. The Labute approximate surface area is 587 Å². The van der Waals surface area contributed by atoms with Crippen molar-refractivity contribution < 1.29 is 28.6 Å². The number of carbonyl (C=O) groups is 3. The summed E-state index contributed by atoms with van der Waals surface area (Å²) in [6.07, 6.45) is 14.4. The van der Waals surface area contributed by atoms with Crippen molar-refractivity contribution in [1.29, 1.82) is 0 Å². The van der Waals surface area contributed by atoms with Crippen LogP contribution in [0.2, 0.25) is 0 Å². The number of ether oxygens (including phenoxy) is 3. The van der Waals surface area contributed by atoms with Crippen molar-refractivity contribution in [1.82, 2.24) is 19.7 Å². The van der Waals surface area contributed by atoms with E-state index in [1.807, 2.05) is 53.8 Å². The fraction of sp³-hybridized carbons (Fsp3) is 0.500. The standard InChI is InChI=1S/C27H31N3O2S.C24H28BrN3O2S.C23H27BrN4O2S/c1-5-6-18-13-23(33-16-18)19-7-8-20-15-26(11-9-21(32-4)10-12-26)27(22(20)14-19)24(31)30(17(2)3)25(28)29-27;1-14(2)28-21(29)24(27-22(28)26)19-10-15(20-11-17(25)13-31-20)4-5-16(19)12-23(24)8-6-18(30-3)7-9-23;1-13(2)28-20(29)23(27-21(28)25)17-10-14(19-26-18(24)12-31-19)4-5-15(17)11-22(23)8-6-16(30-3)7-9-22/h7-8,13-14,16-17,21H,9-12,15H2,1-4H3,(H2,28,29);4-5,10-11,13-14,18H,6-9,12H2,1-3H3,(H2,26,27);4-5,10,12-13,16H,6-9,11H2,1-3H3,(H2,25,27). The zero-order valence-corrected chi connectivity index (χ0v) is 61.6. The molecule has 3 saturated carbocycles. The molecule has 3 amide bonds.